The minimum absolute atomic E-state index is 0.00256. The van der Waals surface area contributed by atoms with E-state index in [1.165, 1.54) is 24.5 Å². The van der Waals surface area contributed by atoms with Gasteiger partial charge in [0.15, 0.2) is 0 Å². The van der Waals surface area contributed by atoms with Crippen LogP contribution in [0.5, 0.6) is 11.8 Å². The number of ether oxygens (including phenoxy) is 2. The van der Waals surface area contributed by atoms with Crippen LogP contribution >= 0.6 is 11.3 Å². The molecule has 178 valence electrons. The number of carbonyl (C=O) groups excluding carboxylic acids is 1. The Labute approximate surface area is 206 Å². The van der Waals surface area contributed by atoms with Crippen molar-refractivity contribution < 1.29 is 24.2 Å². The van der Waals surface area contributed by atoms with Crippen molar-refractivity contribution >= 4 is 23.2 Å². The third-order valence-corrected chi connectivity index (χ3v) is 6.09. The Morgan fingerprint density at radius 2 is 1.57 bits per heavy atom. The standard InChI is InChI=1S/C26H23N3O5S/c1-17-27-21(33-2)15-22(28-17)34-23(25(31)32)26(19-9-5-3-6-10-19,20-11-7-4-8-12-20)29-24(30)18-13-14-35-16-18/h3-16,23H,1-2H3,(H,29,30)(H,31,32). The predicted molar refractivity (Wildman–Crippen MR) is 131 cm³/mol. The van der Waals surface area contributed by atoms with Crippen molar-refractivity contribution in [3.8, 4) is 11.8 Å². The van der Waals surface area contributed by atoms with E-state index in [4.69, 9.17) is 9.47 Å². The molecule has 35 heavy (non-hydrogen) atoms. The molecule has 1 amide bonds. The molecule has 0 saturated heterocycles. The van der Waals surface area contributed by atoms with Gasteiger partial charge in [0.25, 0.3) is 5.91 Å². The zero-order valence-corrected chi connectivity index (χ0v) is 19.9. The molecule has 1 atom stereocenters. The molecule has 2 aromatic heterocycles. The van der Waals surface area contributed by atoms with Crippen LogP contribution in [0.15, 0.2) is 83.6 Å². The molecular weight excluding hydrogens is 466 g/mol. The summed E-state index contributed by atoms with van der Waals surface area (Å²) in [5, 5.41) is 17.0. The number of methoxy groups -OCH3 is 1. The van der Waals surface area contributed by atoms with Gasteiger partial charge >= 0.3 is 5.97 Å². The van der Waals surface area contributed by atoms with Crippen molar-refractivity contribution in [2.45, 2.75) is 18.6 Å². The Kier molecular flexibility index (Phi) is 7.07. The SMILES string of the molecule is COc1cc(OC(C(=O)O)C(NC(=O)c2ccsc2)(c2ccccc2)c2ccccc2)nc(C)n1. The lowest BCUT2D eigenvalue weighted by atomic mass is 9.77. The fraction of sp³-hybridized carbons (Fsp3) is 0.154. The van der Waals surface area contributed by atoms with E-state index in [9.17, 15) is 14.7 Å². The Bertz CT molecular complexity index is 1260. The quantitative estimate of drug-likeness (QED) is 0.365. The van der Waals surface area contributed by atoms with Gasteiger partial charge in [0.05, 0.1) is 18.7 Å². The van der Waals surface area contributed by atoms with Gasteiger partial charge in [-0.3, -0.25) is 4.79 Å². The van der Waals surface area contributed by atoms with Crippen molar-refractivity contribution in [1.29, 1.82) is 0 Å². The summed E-state index contributed by atoms with van der Waals surface area (Å²) in [6.07, 6.45) is -1.60. The molecule has 2 heterocycles. The van der Waals surface area contributed by atoms with E-state index in [2.05, 4.69) is 15.3 Å². The molecule has 8 nitrogen and oxygen atoms in total. The Morgan fingerprint density at radius 3 is 2.09 bits per heavy atom. The molecular formula is C26H23N3O5S. The third kappa shape index (κ3) is 4.99. The Hall–Kier alpha value is -4.24. The molecule has 9 heteroatoms. The second kappa shape index (κ2) is 10.4. The van der Waals surface area contributed by atoms with E-state index in [0.29, 0.717) is 22.5 Å². The van der Waals surface area contributed by atoms with Crippen LogP contribution in [-0.2, 0) is 10.3 Å². The number of rotatable bonds is 9. The van der Waals surface area contributed by atoms with Gasteiger partial charge in [-0.1, -0.05) is 60.7 Å². The van der Waals surface area contributed by atoms with E-state index in [1.54, 1.807) is 72.3 Å². The van der Waals surface area contributed by atoms with Crippen LogP contribution in [0.2, 0.25) is 0 Å². The highest BCUT2D eigenvalue weighted by Gasteiger charge is 2.50. The molecule has 0 bridgehead atoms. The number of carbonyl (C=O) groups is 2. The first kappa shape index (κ1) is 23.9. The number of carboxylic acid groups (broad SMARTS) is 1. The minimum atomic E-state index is -1.61. The number of hydrogen-bond acceptors (Lipinski definition) is 7. The molecule has 2 N–H and O–H groups in total. The summed E-state index contributed by atoms with van der Waals surface area (Å²) in [5.74, 6) is -1.16. The number of benzene rings is 2. The van der Waals surface area contributed by atoms with E-state index in [-0.39, 0.29) is 11.8 Å². The maximum Gasteiger partial charge on any atom is 0.348 e. The first-order valence-electron chi connectivity index (χ1n) is 10.7. The average molecular weight is 490 g/mol. The van der Waals surface area contributed by atoms with Gasteiger partial charge in [0.2, 0.25) is 17.9 Å². The summed E-state index contributed by atoms with van der Waals surface area (Å²) in [6, 6.07) is 20.9. The van der Waals surface area contributed by atoms with Gasteiger partial charge in [-0.25, -0.2) is 4.79 Å². The maximum absolute atomic E-state index is 13.4. The third-order valence-electron chi connectivity index (χ3n) is 5.41. The first-order chi connectivity index (χ1) is 16.9. The molecule has 0 aliphatic rings. The lowest BCUT2D eigenvalue weighted by Gasteiger charge is -2.40. The van der Waals surface area contributed by atoms with Gasteiger partial charge in [-0.15, -0.1) is 0 Å². The van der Waals surface area contributed by atoms with Crippen LogP contribution in [0.25, 0.3) is 0 Å². The summed E-state index contributed by atoms with van der Waals surface area (Å²) >= 11 is 1.37. The average Bonchev–Trinajstić information content (AvgIpc) is 3.42. The summed E-state index contributed by atoms with van der Waals surface area (Å²) in [7, 11) is 1.44. The Balaban J connectivity index is 1.94. The van der Waals surface area contributed by atoms with Crippen LogP contribution in [0.3, 0.4) is 0 Å². The van der Waals surface area contributed by atoms with Crippen LogP contribution in [-0.4, -0.2) is 40.2 Å². The molecule has 1 unspecified atom stereocenters. The topological polar surface area (TPSA) is 111 Å². The molecule has 0 aliphatic carbocycles. The molecule has 0 aliphatic heterocycles. The smallest absolute Gasteiger partial charge is 0.348 e. The van der Waals surface area contributed by atoms with Crippen LogP contribution in [0.4, 0.5) is 0 Å². The summed E-state index contributed by atoms with van der Waals surface area (Å²) in [5.41, 5.74) is -0.144. The molecule has 4 aromatic rings. The first-order valence-corrected chi connectivity index (χ1v) is 11.6. The zero-order valence-electron chi connectivity index (χ0n) is 19.0. The maximum atomic E-state index is 13.4. The number of aliphatic carboxylic acids is 1. The number of carboxylic acids is 1. The van der Waals surface area contributed by atoms with Gasteiger partial charge in [-0.05, 0) is 29.5 Å². The number of aryl methyl sites for hydroxylation is 1. The van der Waals surface area contributed by atoms with E-state index >= 15 is 0 Å². The molecule has 0 radical (unpaired) electrons. The number of nitrogens with zero attached hydrogens (tertiary/aromatic N) is 2. The monoisotopic (exact) mass is 489 g/mol. The molecule has 0 fully saturated rings. The van der Waals surface area contributed by atoms with Crippen LogP contribution < -0.4 is 14.8 Å². The lowest BCUT2D eigenvalue weighted by Crippen LogP contribution is -2.59. The van der Waals surface area contributed by atoms with Crippen molar-refractivity contribution in [3.63, 3.8) is 0 Å². The second-order valence-corrected chi connectivity index (χ2v) is 8.42. The zero-order chi connectivity index (χ0) is 24.8. The predicted octanol–water partition coefficient (Wildman–Crippen LogP) is 4.06. The number of aromatic nitrogens is 2. The summed E-state index contributed by atoms with van der Waals surface area (Å²) in [6.45, 7) is 1.64. The fourth-order valence-corrected chi connectivity index (χ4v) is 4.49. The Morgan fingerprint density at radius 1 is 0.971 bits per heavy atom. The van der Waals surface area contributed by atoms with Gasteiger partial charge in [-0.2, -0.15) is 21.3 Å². The highest BCUT2D eigenvalue weighted by molar-refractivity contribution is 7.08. The van der Waals surface area contributed by atoms with E-state index in [1.807, 2.05) is 12.1 Å². The lowest BCUT2D eigenvalue weighted by molar-refractivity contribution is -0.148. The number of nitrogens with one attached hydrogen (secondary N) is 1. The second-order valence-electron chi connectivity index (χ2n) is 7.64. The van der Waals surface area contributed by atoms with Crippen molar-refractivity contribution in [3.05, 3.63) is 106 Å². The summed E-state index contributed by atoms with van der Waals surface area (Å²) < 4.78 is 11.2. The molecule has 4 rings (SSSR count). The normalized spacial score (nSPS) is 11.9. The van der Waals surface area contributed by atoms with Gasteiger partial charge in [0, 0.05) is 5.38 Å². The number of thiophene rings is 1. The van der Waals surface area contributed by atoms with Crippen molar-refractivity contribution in [2.24, 2.45) is 0 Å². The highest BCUT2D eigenvalue weighted by atomic mass is 32.1. The molecule has 0 saturated carbocycles. The van der Waals surface area contributed by atoms with Crippen LogP contribution in [0, 0.1) is 6.92 Å². The van der Waals surface area contributed by atoms with Gasteiger partial charge < -0.3 is 19.9 Å². The van der Waals surface area contributed by atoms with Crippen LogP contribution in [0.1, 0.15) is 27.3 Å². The van der Waals surface area contributed by atoms with E-state index in [0.717, 1.165) is 0 Å². The summed E-state index contributed by atoms with van der Waals surface area (Å²) in [4.78, 5) is 34.6. The fourth-order valence-electron chi connectivity index (χ4n) is 3.85. The number of hydrogen-bond donors (Lipinski definition) is 2. The van der Waals surface area contributed by atoms with E-state index < -0.39 is 23.5 Å². The number of amides is 1. The highest BCUT2D eigenvalue weighted by Crippen LogP contribution is 2.36. The largest absolute Gasteiger partial charge is 0.481 e. The van der Waals surface area contributed by atoms with Gasteiger partial charge in [0.1, 0.15) is 11.4 Å². The molecule has 0 spiro atoms. The van der Waals surface area contributed by atoms with Crippen molar-refractivity contribution in [1.82, 2.24) is 15.3 Å². The van der Waals surface area contributed by atoms with Crippen molar-refractivity contribution in [2.75, 3.05) is 7.11 Å². The molecule has 2 aromatic carbocycles. The minimum Gasteiger partial charge on any atom is -0.481 e.